The Hall–Kier alpha value is -0.780. The highest BCUT2D eigenvalue weighted by atomic mass is 14.2. The van der Waals surface area contributed by atoms with E-state index in [1.54, 1.807) is 5.57 Å². The lowest BCUT2D eigenvalue weighted by Gasteiger charge is -2.19. The summed E-state index contributed by atoms with van der Waals surface area (Å²) in [4.78, 5) is 0. The highest BCUT2D eigenvalue weighted by Gasteiger charge is 2.12. The molecule has 0 aromatic carbocycles. The highest BCUT2D eigenvalue weighted by Crippen LogP contribution is 2.29. The van der Waals surface area contributed by atoms with Crippen molar-refractivity contribution in [3.8, 4) is 0 Å². The first-order valence-electron chi connectivity index (χ1n) is 6.72. The standard InChI is InChI=1S/C16H26/c1-5-8-15-11-7-10-13(3)16(9-6-2)14(4)12-15/h6,9,12-13H,5,7-8,10-11H2,1-4H3. The predicted molar refractivity (Wildman–Crippen MR) is 73.5 cm³/mol. The van der Waals surface area contributed by atoms with Crippen LogP contribution in [0.5, 0.6) is 0 Å². The van der Waals surface area contributed by atoms with Crippen molar-refractivity contribution in [1.29, 1.82) is 0 Å². The largest absolute Gasteiger partial charge is 0.0874 e. The first kappa shape index (κ1) is 13.3. The third-order valence-electron chi connectivity index (χ3n) is 3.46. The van der Waals surface area contributed by atoms with Crippen molar-refractivity contribution in [2.45, 2.75) is 59.8 Å². The van der Waals surface area contributed by atoms with Gasteiger partial charge >= 0.3 is 0 Å². The number of hydrogen-bond acceptors (Lipinski definition) is 0. The molecule has 0 aliphatic heterocycles. The quantitative estimate of drug-likeness (QED) is 0.593. The van der Waals surface area contributed by atoms with Gasteiger partial charge in [0.15, 0.2) is 0 Å². The van der Waals surface area contributed by atoms with Crippen molar-refractivity contribution in [3.05, 3.63) is 34.9 Å². The van der Waals surface area contributed by atoms with E-state index in [0.717, 1.165) is 5.92 Å². The van der Waals surface area contributed by atoms with E-state index in [4.69, 9.17) is 0 Å². The summed E-state index contributed by atoms with van der Waals surface area (Å²) in [5.74, 6) is 0.718. The summed E-state index contributed by atoms with van der Waals surface area (Å²) in [6.45, 7) is 9.01. The number of allylic oxidation sites excluding steroid dienone is 6. The second kappa shape index (κ2) is 6.73. The van der Waals surface area contributed by atoms with Gasteiger partial charge in [-0.2, -0.15) is 0 Å². The summed E-state index contributed by atoms with van der Waals surface area (Å²) in [5, 5.41) is 0. The molecule has 0 radical (unpaired) electrons. The van der Waals surface area contributed by atoms with Crippen molar-refractivity contribution in [2.24, 2.45) is 5.92 Å². The van der Waals surface area contributed by atoms with E-state index in [-0.39, 0.29) is 0 Å². The third-order valence-corrected chi connectivity index (χ3v) is 3.46. The fraction of sp³-hybridized carbons (Fsp3) is 0.625. The van der Waals surface area contributed by atoms with Crippen LogP contribution in [0.4, 0.5) is 0 Å². The molecule has 16 heavy (non-hydrogen) atoms. The van der Waals surface area contributed by atoms with Crippen LogP contribution in [0.25, 0.3) is 0 Å². The van der Waals surface area contributed by atoms with Gasteiger partial charge in [0.25, 0.3) is 0 Å². The van der Waals surface area contributed by atoms with Gasteiger partial charge in [-0.15, -0.1) is 0 Å². The maximum atomic E-state index is 2.44. The highest BCUT2D eigenvalue weighted by molar-refractivity contribution is 5.36. The average molecular weight is 218 g/mol. The summed E-state index contributed by atoms with van der Waals surface area (Å²) in [6.07, 6.45) is 13.4. The molecule has 0 spiro atoms. The van der Waals surface area contributed by atoms with Gasteiger partial charge in [-0.25, -0.2) is 0 Å². The van der Waals surface area contributed by atoms with E-state index >= 15 is 0 Å². The fourth-order valence-electron chi connectivity index (χ4n) is 2.63. The molecule has 0 nitrogen and oxygen atoms in total. The van der Waals surface area contributed by atoms with Gasteiger partial charge in [0.2, 0.25) is 0 Å². The number of rotatable bonds is 3. The Bertz CT molecular complexity index is 302. The molecule has 0 heteroatoms. The van der Waals surface area contributed by atoms with Crippen molar-refractivity contribution in [2.75, 3.05) is 0 Å². The van der Waals surface area contributed by atoms with Gasteiger partial charge in [0.05, 0.1) is 0 Å². The molecule has 0 aromatic heterocycles. The summed E-state index contributed by atoms with van der Waals surface area (Å²) in [5.41, 5.74) is 4.67. The van der Waals surface area contributed by atoms with Crippen molar-refractivity contribution >= 4 is 0 Å². The van der Waals surface area contributed by atoms with Crippen LogP contribution < -0.4 is 0 Å². The Morgan fingerprint density at radius 1 is 1.44 bits per heavy atom. The molecule has 0 saturated heterocycles. The van der Waals surface area contributed by atoms with E-state index < -0.39 is 0 Å². The van der Waals surface area contributed by atoms with Crippen LogP contribution in [0.2, 0.25) is 0 Å². The zero-order chi connectivity index (χ0) is 12.0. The van der Waals surface area contributed by atoms with Crippen LogP contribution in [0.1, 0.15) is 59.8 Å². The summed E-state index contributed by atoms with van der Waals surface area (Å²) in [6, 6.07) is 0. The van der Waals surface area contributed by atoms with E-state index in [2.05, 4.69) is 45.9 Å². The molecule has 0 bridgehead atoms. The third kappa shape index (κ3) is 3.66. The minimum absolute atomic E-state index is 0.718. The monoisotopic (exact) mass is 218 g/mol. The van der Waals surface area contributed by atoms with E-state index in [1.165, 1.54) is 43.3 Å². The van der Waals surface area contributed by atoms with Crippen LogP contribution in [0.15, 0.2) is 34.9 Å². The van der Waals surface area contributed by atoms with Gasteiger partial charge in [0, 0.05) is 0 Å². The smallest absolute Gasteiger partial charge is 0.0188 e. The van der Waals surface area contributed by atoms with Gasteiger partial charge < -0.3 is 0 Å². The van der Waals surface area contributed by atoms with Crippen molar-refractivity contribution in [1.82, 2.24) is 0 Å². The predicted octanol–water partition coefficient (Wildman–Crippen LogP) is 5.43. The molecule has 1 aliphatic carbocycles. The summed E-state index contributed by atoms with van der Waals surface area (Å²) < 4.78 is 0. The molecule has 1 aliphatic rings. The molecule has 1 atom stereocenters. The SMILES string of the molecule is CC=CC1=C(C)C=C(CCC)CCCC1C. The fourth-order valence-corrected chi connectivity index (χ4v) is 2.63. The zero-order valence-corrected chi connectivity index (χ0v) is 11.3. The normalized spacial score (nSPS) is 23.2. The first-order valence-corrected chi connectivity index (χ1v) is 6.72. The minimum Gasteiger partial charge on any atom is -0.0874 e. The maximum absolute atomic E-state index is 2.44. The minimum atomic E-state index is 0.718. The van der Waals surface area contributed by atoms with E-state index in [1.807, 2.05) is 0 Å². The van der Waals surface area contributed by atoms with Gasteiger partial charge in [-0.3, -0.25) is 0 Å². The van der Waals surface area contributed by atoms with Crippen LogP contribution in [-0.2, 0) is 0 Å². The van der Waals surface area contributed by atoms with Crippen LogP contribution >= 0.6 is 0 Å². The lowest BCUT2D eigenvalue weighted by molar-refractivity contribution is 0.572. The zero-order valence-electron chi connectivity index (χ0n) is 11.3. The molecule has 0 amide bonds. The summed E-state index contributed by atoms with van der Waals surface area (Å²) >= 11 is 0. The molecule has 1 rings (SSSR count). The second-order valence-electron chi connectivity index (χ2n) is 4.98. The summed E-state index contributed by atoms with van der Waals surface area (Å²) in [7, 11) is 0. The van der Waals surface area contributed by atoms with Gasteiger partial charge in [0.1, 0.15) is 0 Å². The molecule has 0 heterocycles. The Morgan fingerprint density at radius 3 is 2.81 bits per heavy atom. The first-order chi connectivity index (χ1) is 7.69. The molecule has 90 valence electrons. The Balaban J connectivity index is 3.00. The maximum Gasteiger partial charge on any atom is -0.0188 e. The molecule has 0 fully saturated rings. The van der Waals surface area contributed by atoms with E-state index in [0.29, 0.717) is 0 Å². The Labute approximate surface area is 101 Å². The molecular formula is C16H26. The van der Waals surface area contributed by atoms with Crippen molar-refractivity contribution in [3.63, 3.8) is 0 Å². The molecular weight excluding hydrogens is 192 g/mol. The molecule has 0 aromatic rings. The van der Waals surface area contributed by atoms with Crippen molar-refractivity contribution < 1.29 is 0 Å². The Kier molecular flexibility index (Phi) is 5.59. The van der Waals surface area contributed by atoms with Crippen LogP contribution in [-0.4, -0.2) is 0 Å². The van der Waals surface area contributed by atoms with Crippen LogP contribution in [0.3, 0.4) is 0 Å². The Morgan fingerprint density at radius 2 is 2.19 bits per heavy atom. The molecule has 1 unspecified atom stereocenters. The molecule has 0 saturated carbocycles. The lowest BCUT2D eigenvalue weighted by atomic mass is 9.86. The second-order valence-corrected chi connectivity index (χ2v) is 4.98. The average Bonchev–Trinajstić information content (AvgIpc) is 2.24. The van der Waals surface area contributed by atoms with E-state index in [9.17, 15) is 0 Å². The van der Waals surface area contributed by atoms with Gasteiger partial charge in [-0.05, 0) is 56.6 Å². The number of hydrogen-bond donors (Lipinski definition) is 0. The lowest BCUT2D eigenvalue weighted by Crippen LogP contribution is -2.03. The topological polar surface area (TPSA) is 0 Å². The van der Waals surface area contributed by atoms with Crippen LogP contribution in [0, 0.1) is 5.92 Å². The van der Waals surface area contributed by atoms with Gasteiger partial charge in [-0.1, -0.05) is 44.1 Å². The molecule has 0 N–H and O–H groups in total.